The number of hydrogen-bond donors (Lipinski definition) is 3. The second-order valence-electron chi connectivity index (χ2n) is 8.68. The number of halogens is 3. The molecule has 0 fully saturated rings. The van der Waals surface area contributed by atoms with Crippen molar-refractivity contribution >= 4 is 66.4 Å². The number of benzene rings is 3. The molecule has 0 saturated heterocycles. The number of fused-ring (bicyclic) bond motifs is 1. The summed E-state index contributed by atoms with van der Waals surface area (Å²) in [5, 5.41) is 10.2. The van der Waals surface area contributed by atoms with Crippen LogP contribution in [0.1, 0.15) is 37.5 Å². The highest BCUT2D eigenvalue weighted by Crippen LogP contribution is 2.32. The molecular weight excluding hydrogens is 547 g/mol. The van der Waals surface area contributed by atoms with Gasteiger partial charge in [-0.15, -0.1) is 0 Å². The van der Waals surface area contributed by atoms with Gasteiger partial charge in [-0.2, -0.15) is 17.5 Å². The van der Waals surface area contributed by atoms with Crippen molar-refractivity contribution in [2.75, 3.05) is 16.0 Å². The second kappa shape index (κ2) is 10.5. The fourth-order valence-corrected chi connectivity index (χ4v) is 5.36. The predicted octanol–water partition coefficient (Wildman–Crippen LogP) is 7.64. The smallest absolute Gasteiger partial charge is 0.322 e. The first kappa shape index (κ1) is 26.3. The summed E-state index contributed by atoms with van der Waals surface area (Å²) >= 11 is 2.75. The number of nitrogens with zero attached hydrogens (tertiary/aromatic N) is 2. The van der Waals surface area contributed by atoms with Crippen LogP contribution >= 0.6 is 22.9 Å². The summed E-state index contributed by atoms with van der Waals surface area (Å²) in [5.41, 5.74) is 2.56. The first-order valence-electron chi connectivity index (χ1n) is 11.6. The van der Waals surface area contributed by atoms with Crippen molar-refractivity contribution in [3.05, 3.63) is 94.7 Å². The predicted molar refractivity (Wildman–Crippen MR) is 148 cm³/mol. The van der Waals surface area contributed by atoms with Crippen LogP contribution in [-0.4, -0.2) is 21.2 Å². The van der Waals surface area contributed by atoms with Gasteiger partial charge in [-0.3, -0.25) is 9.59 Å². The van der Waals surface area contributed by atoms with Crippen LogP contribution in [0, 0.1) is 13.8 Å². The van der Waals surface area contributed by atoms with Gasteiger partial charge in [-0.25, -0.2) is 4.98 Å². The van der Waals surface area contributed by atoms with E-state index in [9.17, 15) is 22.8 Å². The Bertz CT molecular complexity index is 1710. The lowest BCUT2D eigenvalue weighted by Crippen LogP contribution is -2.15. The van der Waals surface area contributed by atoms with Gasteiger partial charge in [0, 0.05) is 22.5 Å². The van der Waals surface area contributed by atoms with Gasteiger partial charge >= 0.3 is 6.18 Å². The summed E-state index contributed by atoms with van der Waals surface area (Å²) in [5.74, 6) is -1.06. The van der Waals surface area contributed by atoms with Crippen molar-refractivity contribution in [1.82, 2.24) is 9.36 Å². The molecule has 0 saturated carbocycles. The number of amides is 2. The van der Waals surface area contributed by atoms with Gasteiger partial charge in [0.15, 0.2) is 5.13 Å². The molecule has 12 heteroatoms. The number of hydrogen-bond acceptors (Lipinski definition) is 7. The molecule has 39 heavy (non-hydrogen) atoms. The summed E-state index contributed by atoms with van der Waals surface area (Å²) in [6, 6.07) is 16.2. The summed E-state index contributed by atoms with van der Waals surface area (Å²) in [6.45, 7) is 3.70. The monoisotopic (exact) mass is 567 g/mol. The van der Waals surface area contributed by atoms with Gasteiger partial charge in [-0.1, -0.05) is 23.5 Å². The van der Waals surface area contributed by atoms with Crippen molar-refractivity contribution < 1.29 is 22.8 Å². The van der Waals surface area contributed by atoms with Crippen LogP contribution in [0.2, 0.25) is 0 Å². The first-order valence-corrected chi connectivity index (χ1v) is 13.2. The average Bonchev–Trinajstić information content (AvgIpc) is 3.50. The van der Waals surface area contributed by atoms with Gasteiger partial charge < -0.3 is 16.0 Å². The molecule has 0 atom stereocenters. The molecule has 0 bridgehead atoms. The lowest BCUT2D eigenvalue weighted by Gasteiger charge is -2.13. The van der Waals surface area contributed by atoms with E-state index in [1.54, 1.807) is 43.3 Å². The fourth-order valence-electron chi connectivity index (χ4n) is 3.72. The van der Waals surface area contributed by atoms with E-state index in [1.807, 2.05) is 13.0 Å². The quantitative estimate of drug-likeness (QED) is 0.196. The molecule has 5 aromatic rings. The SMILES string of the molecule is Cc1cc(Nc2nc3ccc(C(=O)Nc4cc(NC(=O)c5cccc(C(F)(F)F)c5)ccc4C)cc3s2)sn1. The Labute approximate surface area is 228 Å². The number of aromatic nitrogens is 2. The lowest BCUT2D eigenvalue weighted by atomic mass is 10.1. The Hall–Kier alpha value is -4.29. The molecule has 0 spiro atoms. The van der Waals surface area contributed by atoms with E-state index >= 15 is 0 Å². The highest BCUT2D eigenvalue weighted by molar-refractivity contribution is 7.22. The fraction of sp³-hybridized carbons (Fsp3) is 0.111. The molecule has 7 nitrogen and oxygen atoms in total. The van der Waals surface area contributed by atoms with E-state index < -0.39 is 17.6 Å². The van der Waals surface area contributed by atoms with Crippen LogP contribution in [0.5, 0.6) is 0 Å². The number of alkyl halides is 3. The van der Waals surface area contributed by atoms with E-state index in [1.165, 1.54) is 35.0 Å². The van der Waals surface area contributed by atoms with Gasteiger partial charge in [0.05, 0.1) is 21.5 Å². The average molecular weight is 568 g/mol. The number of rotatable bonds is 6. The van der Waals surface area contributed by atoms with E-state index in [0.717, 1.165) is 38.6 Å². The van der Waals surface area contributed by atoms with E-state index in [0.29, 0.717) is 22.1 Å². The Morgan fingerprint density at radius 1 is 0.872 bits per heavy atom. The molecular formula is C27H20F3N5O2S2. The minimum Gasteiger partial charge on any atom is -0.322 e. The molecule has 2 amide bonds. The highest BCUT2D eigenvalue weighted by Gasteiger charge is 2.31. The lowest BCUT2D eigenvalue weighted by molar-refractivity contribution is -0.137. The molecule has 3 N–H and O–H groups in total. The third-order valence-electron chi connectivity index (χ3n) is 5.70. The molecule has 0 unspecified atom stereocenters. The van der Waals surface area contributed by atoms with Crippen molar-refractivity contribution in [2.45, 2.75) is 20.0 Å². The summed E-state index contributed by atoms with van der Waals surface area (Å²) in [4.78, 5) is 30.2. The first-order chi connectivity index (χ1) is 18.5. The van der Waals surface area contributed by atoms with Crippen LogP contribution in [0.4, 0.5) is 34.7 Å². The molecule has 2 aromatic heterocycles. The molecule has 3 aromatic carbocycles. The molecule has 0 aliphatic heterocycles. The maximum absolute atomic E-state index is 13.1. The molecule has 0 aliphatic rings. The van der Waals surface area contributed by atoms with Crippen LogP contribution < -0.4 is 16.0 Å². The van der Waals surface area contributed by atoms with E-state index in [4.69, 9.17) is 0 Å². The number of carbonyl (C=O) groups is 2. The van der Waals surface area contributed by atoms with Crippen LogP contribution in [0.25, 0.3) is 10.2 Å². The maximum Gasteiger partial charge on any atom is 0.416 e. The van der Waals surface area contributed by atoms with Gasteiger partial charge in [0.2, 0.25) is 0 Å². The van der Waals surface area contributed by atoms with Crippen molar-refractivity contribution in [3.8, 4) is 0 Å². The Kier molecular flexibility index (Phi) is 7.06. The second-order valence-corrected chi connectivity index (χ2v) is 10.5. The summed E-state index contributed by atoms with van der Waals surface area (Å²) in [6.07, 6.45) is -4.56. The normalized spacial score (nSPS) is 11.4. The van der Waals surface area contributed by atoms with Gasteiger partial charge in [-0.05, 0) is 85.5 Å². The molecule has 2 heterocycles. The Morgan fingerprint density at radius 3 is 2.38 bits per heavy atom. The van der Waals surface area contributed by atoms with E-state index in [-0.39, 0.29) is 11.5 Å². The third kappa shape index (κ3) is 6.07. The number of anilines is 4. The largest absolute Gasteiger partial charge is 0.416 e. The van der Waals surface area contributed by atoms with Crippen LogP contribution in [-0.2, 0) is 6.18 Å². The molecule has 5 rings (SSSR count). The van der Waals surface area contributed by atoms with Gasteiger partial charge in [0.1, 0.15) is 5.00 Å². The Morgan fingerprint density at radius 2 is 1.64 bits per heavy atom. The zero-order valence-corrected chi connectivity index (χ0v) is 22.1. The van der Waals surface area contributed by atoms with E-state index in [2.05, 4.69) is 25.3 Å². The zero-order valence-electron chi connectivity index (χ0n) is 20.5. The number of thiazole rings is 1. The van der Waals surface area contributed by atoms with Crippen molar-refractivity contribution in [2.24, 2.45) is 0 Å². The van der Waals surface area contributed by atoms with Gasteiger partial charge in [0.25, 0.3) is 11.8 Å². The molecule has 198 valence electrons. The minimum absolute atomic E-state index is 0.131. The standard InChI is InChI=1S/C27H20F3N5O2S2/c1-14-6-8-19(31-24(36)16-4-3-5-18(11-16)27(28,29)30)13-21(14)32-25(37)17-7-9-20-22(12-17)38-26(33-20)34-23-10-15(2)35-39-23/h3-13H,1-2H3,(H,31,36)(H,32,37)(H,33,34). The number of nitrogens with one attached hydrogen (secondary N) is 3. The minimum atomic E-state index is -4.56. The summed E-state index contributed by atoms with van der Waals surface area (Å²) < 4.78 is 44.1. The Balaban J connectivity index is 1.30. The maximum atomic E-state index is 13.1. The molecule has 0 radical (unpaired) electrons. The number of carbonyl (C=O) groups excluding carboxylic acids is 2. The zero-order chi connectivity index (χ0) is 27.7. The topological polar surface area (TPSA) is 96.0 Å². The van der Waals surface area contributed by atoms with Crippen molar-refractivity contribution in [3.63, 3.8) is 0 Å². The highest BCUT2D eigenvalue weighted by atomic mass is 32.1. The molecule has 0 aliphatic carbocycles. The van der Waals surface area contributed by atoms with Crippen molar-refractivity contribution in [1.29, 1.82) is 0 Å². The van der Waals surface area contributed by atoms with Crippen LogP contribution in [0.3, 0.4) is 0 Å². The van der Waals surface area contributed by atoms with Crippen LogP contribution in [0.15, 0.2) is 66.7 Å². The number of aryl methyl sites for hydroxylation is 2. The summed E-state index contributed by atoms with van der Waals surface area (Å²) in [7, 11) is 0. The third-order valence-corrected chi connectivity index (χ3v) is 7.43.